The van der Waals surface area contributed by atoms with E-state index in [0.29, 0.717) is 6.42 Å². The van der Waals surface area contributed by atoms with E-state index >= 15 is 0 Å². The minimum absolute atomic E-state index is 0.206. The van der Waals surface area contributed by atoms with E-state index in [1.165, 1.54) is 0 Å². The standard InChI is InChI=1S/C22H20BrNO5/c1-2-13-3-5-14(6-4-13)11-15-12-16(7-8-17(15)23)22(28)21(27)20(26)19(25)18(29-22)9-10-24/h1,3-8,12,18-21,25-28H,9,11H2/t18-,19-,20+,21-,22-/m1/s1. The molecule has 0 saturated carbocycles. The fraction of sp³-hybridized carbons (Fsp3) is 0.318. The van der Waals surface area contributed by atoms with Gasteiger partial charge >= 0.3 is 0 Å². The molecule has 0 unspecified atom stereocenters. The molecule has 1 fully saturated rings. The van der Waals surface area contributed by atoms with E-state index in [9.17, 15) is 20.4 Å². The number of aliphatic hydroxyl groups excluding tert-OH is 3. The van der Waals surface area contributed by atoms with Crippen molar-refractivity contribution in [2.75, 3.05) is 0 Å². The fourth-order valence-electron chi connectivity index (χ4n) is 3.37. The minimum Gasteiger partial charge on any atom is -0.388 e. The van der Waals surface area contributed by atoms with Crippen LogP contribution in [0, 0.1) is 23.7 Å². The van der Waals surface area contributed by atoms with Crippen molar-refractivity contribution in [3.63, 3.8) is 0 Å². The third-order valence-electron chi connectivity index (χ3n) is 5.05. The van der Waals surface area contributed by atoms with E-state index < -0.39 is 30.2 Å². The smallest absolute Gasteiger partial charge is 0.222 e. The zero-order valence-electron chi connectivity index (χ0n) is 15.4. The summed E-state index contributed by atoms with van der Waals surface area (Å²) in [5.41, 5.74) is 2.76. The van der Waals surface area contributed by atoms with Crippen LogP contribution in [0.15, 0.2) is 46.9 Å². The number of hydrogen-bond donors (Lipinski definition) is 4. The molecule has 7 heteroatoms. The number of benzene rings is 2. The molecule has 1 heterocycles. The van der Waals surface area contributed by atoms with Gasteiger partial charge < -0.3 is 25.2 Å². The highest BCUT2D eigenvalue weighted by molar-refractivity contribution is 9.10. The number of nitrogens with zero attached hydrogens (tertiary/aromatic N) is 1. The number of aliphatic hydroxyl groups is 4. The van der Waals surface area contributed by atoms with Gasteiger partial charge in [-0.1, -0.05) is 40.0 Å². The second-order valence-corrected chi connectivity index (χ2v) is 7.82. The van der Waals surface area contributed by atoms with Gasteiger partial charge in [0.2, 0.25) is 5.79 Å². The first-order valence-electron chi connectivity index (χ1n) is 8.96. The van der Waals surface area contributed by atoms with Crippen molar-refractivity contribution in [3.05, 3.63) is 69.2 Å². The summed E-state index contributed by atoms with van der Waals surface area (Å²) in [7, 11) is 0. The van der Waals surface area contributed by atoms with Gasteiger partial charge in [0.25, 0.3) is 0 Å². The summed E-state index contributed by atoms with van der Waals surface area (Å²) in [5, 5.41) is 50.6. The first-order chi connectivity index (χ1) is 13.8. The largest absolute Gasteiger partial charge is 0.388 e. The summed E-state index contributed by atoms with van der Waals surface area (Å²) in [6, 6.07) is 14.2. The molecule has 29 heavy (non-hydrogen) atoms. The van der Waals surface area contributed by atoms with Gasteiger partial charge in [-0.2, -0.15) is 5.26 Å². The van der Waals surface area contributed by atoms with Gasteiger partial charge in [-0.3, -0.25) is 0 Å². The van der Waals surface area contributed by atoms with E-state index in [0.717, 1.165) is 21.2 Å². The average molecular weight is 458 g/mol. The molecule has 2 aromatic rings. The molecule has 1 saturated heterocycles. The Balaban J connectivity index is 1.94. The van der Waals surface area contributed by atoms with Crippen LogP contribution in [0.1, 0.15) is 28.7 Å². The maximum absolute atomic E-state index is 11.1. The Bertz CT molecular complexity index is 965. The zero-order chi connectivity index (χ0) is 21.2. The Hall–Kier alpha value is -2.23. The number of terminal acetylenes is 1. The van der Waals surface area contributed by atoms with Gasteiger partial charge in [0.15, 0.2) is 0 Å². The molecule has 150 valence electrons. The highest BCUT2D eigenvalue weighted by Gasteiger charge is 2.53. The van der Waals surface area contributed by atoms with Gasteiger partial charge in [0, 0.05) is 15.6 Å². The quantitative estimate of drug-likeness (QED) is 0.518. The summed E-state index contributed by atoms with van der Waals surface area (Å²) in [5.74, 6) is 0.285. The monoisotopic (exact) mass is 457 g/mol. The normalized spacial score (nSPS) is 29.1. The van der Waals surface area contributed by atoms with Crippen LogP contribution in [0.4, 0.5) is 0 Å². The van der Waals surface area contributed by atoms with Gasteiger partial charge in [0.05, 0.1) is 12.5 Å². The van der Waals surface area contributed by atoms with E-state index in [1.807, 2.05) is 30.3 Å². The van der Waals surface area contributed by atoms with E-state index in [2.05, 4.69) is 21.9 Å². The van der Waals surface area contributed by atoms with Crippen LogP contribution < -0.4 is 0 Å². The minimum atomic E-state index is -2.27. The molecule has 0 amide bonds. The molecule has 5 atom stereocenters. The Morgan fingerprint density at radius 2 is 1.79 bits per heavy atom. The van der Waals surface area contributed by atoms with Gasteiger partial charge in [-0.15, -0.1) is 6.42 Å². The summed E-state index contributed by atoms with van der Waals surface area (Å²) < 4.78 is 6.29. The molecule has 0 aliphatic carbocycles. The highest BCUT2D eigenvalue weighted by atomic mass is 79.9. The molecule has 0 radical (unpaired) electrons. The maximum atomic E-state index is 11.1. The fourth-order valence-corrected chi connectivity index (χ4v) is 3.76. The number of rotatable bonds is 4. The Kier molecular flexibility index (Phi) is 6.40. The number of hydrogen-bond acceptors (Lipinski definition) is 6. The van der Waals surface area contributed by atoms with Crippen molar-refractivity contribution in [2.45, 2.75) is 43.0 Å². The lowest BCUT2D eigenvalue weighted by Gasteiger charge is -2.45. The Morgan fingerprint density at radius 1 is 1.10 bits per heavy atom. The number of halogens is 1. The zero-order valence-corrected chi connectivity index (χ0v) is 17.0. The lowest BCUT2D eigenvalue weighted by atomic mass is 9.86. The van der Waals surface area contributed by atoms with Crippen molar-refractivity contribution in [1.82, 2.24) is 0 Å². The number of nitriles is 1. The summed E-state index contributed by atoms with van der Waals surface area (Å²) in [6.07, 6.45) is -0.464. The molecule has 0 aromatic heterocycles. The topological polar surface area (TPSA) is 114 Å². The molecule has 1 aliphatic rings. The average Bonchev–Trinajstić information content (AvgIpc) is 2.72. The van der Waals surface area contributed by atoms with Crippen LogP contribution in [0.25, 0.3) is 0 Å². The van der Waals surface area contributed by atoms with Crippen LogP contribution in [0.3, 0.4) is 0 Å². The SMILES string of the molecule is C#Cc1ccc(Cc2cc([C@@]3(O)O[C@H](CC#N)[C@@H](O)[C@H](O)[C@H]3O)ccc2Br)cc1. The number of ether oxygens (including phenoxy) is 1. The third-order valence-corrected chi connectivity index (χ3v) is 5.83. The second-order valence-electron chi connectivity index (χ2n) is 6.97. The summed E-state index contributed by atoms with van der Waals surface area (Å²) in [6.45, 7) is 0. The molecule has 2 aromatic carbocycles. The van der Waals surface area contributed by atoms with E-state index in [-0.39, 0.29) is 12.0 Å². The predicted molar refractivity (Wildman–Crippen MR) is 108 cm³/mol. The molecule has 6 nitrogen and oxygen atoms in total. The van der Waals surface area contributed by atoms with Crippen molar-refractivity contribution in [3.8, 4) is 18.4 Å². The first kappa shape index (κ1) is 21.5. The molecule has 1 aliphatic heterocycles. The Morgan fingerprint density at radius 3 is 2.41 bits per heavy atom. The third kappa shape index (κ3) is 4.22. The second kappa shape index (κ2) is 8.64. The van der Waals surface area contributed by atoms with Crippen LogP contribution in [-0.2, 0) is 16.9 Å². The Labute approximate surface area is 177 Å². The van der Waals surface area contributed by atoms with Gasteiger partial charge in [-0.25, -0.2) is 0 Å². The molecular formula is C22H20BrNO5. The van der Waals surface area contributed by atoms with Crippen LogP contribution in [0.5, 0.6) is 0 Å². The first-order valence-corrected chi connectivity index (χ1v) is 9.75. The summed E-state index contributed by atoms with van der Waals surface area (Å²) >= 11 is 3.48. The van der Waals surface area contributed by atoms with E-state index in [4.69, 9.17) is 16.4 Å². The molecule has 4 N–H and O–H groups in total. The van der Waals surface area contributed by atoms with Gasteiger partial charge in [-0.05, 0) is 41.8 Å². The van der Waals surface area contributed by atoms with Gasteiger partial charge in [0.1, 0.15) is 24.4 Å². The predicted octanol–water partition coefficient (Wildman–Crippen LogP) is 1.56. The maximum Gasteiger partial charge on any atom is 0.222 e. The van der Waals surface area contributed by atoms with Crippen molar-refractivity contribution >= 4 is 15.9 Å². The van der Waals surface area contributed by atoms with Crippen molar-refractivity contribution in [2.24, 2.45) is 0 Å². The van der Waals surface area contributed by atoms with Crippen molar-refractivity contribution in [1.29, 1.82) is 5.26 Å². The van der Waals surface area contributed by atoms with Crippen molar-refractivity contribution < 1.29 is 25.2 Å². The lowest BCUT2D eigenvalue weighted by molar-refractivity contribution is -0.353. The van der Waals surface area contributed by atoms with Crippen LogP contribution >= 0.6 is 15.9 Å². The lowest BCUT2D eigenvalue weighted by Crippen LogP contribution is -2.62. The summed E-state index contributed by atoms with van der Waals surface area (Å²) in [4.78, 5) is 0. The molecule has 0 spiro atoms. The molecule has 0 bridgehead atoms. The van der Waals surface area contributed by atoms with E-state index in [1.54, 1.807) is 18.2 Å². The highest BCUT2D eigenvalue weighted by Crippen LogP contribution is 2.38. The molecule has 3 rings (SSSR count). The molecular weight excluding hydrogens is 438 g/mol. The van der Waals surface area contributed by atoms with Crippen LogP contribution in [0.2, 0.25) is 0 Å². The van der Waals surface area contributed by atoms with Crippen LogP contribution in [-0.4, -0.2) is 44.8 Å².